The smallest absolute Gasteiger partial charge is 0.0704 e. The predicted octanol–water partition coefficient (Wildman–Crippen LogP) is 6.44. The number of allylic oxidation sites excluding steroid dienone is 1. The lowest BCUT2D eigenvalue weighted by molar-refractivity contribution is 0.281. The Hall–Kier alpha value is -0.300. The van der Waals surface area contributed by atoms with Crippen LogP contribution in [-0.4, -0.2) is 6.61 Å². The van der Waals surface area contributed by atoms with E-state index >= 15 is 0 Å². The van der Waals surface area contributed by atoms with Crippen molar-refractivity contribution >= 4 is 0 Å². The van der Waals surface area contributed by atoms with Gasteiger partial charge in [-0.05, 0) is 12.8 Å². The van der Waals surface area contributed by atoms with Crippen molar-refractivity contribution in [2.75, 3.05) is 6.61 Å². The Morgan fingerprint density at radius 1 is 0.684 bits per heavy atom. The summed E-state index contributed by atoms with van der Waals surface area (Å²) in [5.74, 6) is 0. The monoisotopic (exact) mass is 267 g/mol. The van der Waals surface area contributed by atoms with Crippen LogP contribution in [0.5, 0.6) is 0 Å². The fourth-order valence-electron chi connectivity index (χ4n) is 2.36. The molecule has 0 unspecified atom stereocenters. The fourth-order valence-corrected chi connectivity index (χ4v) is 2.36. The highest BCUT2D eigenvalue weighted by Gasteiger charge is 1.92. The summed E-state index contributed by atoms with van der Waals surface area (Å²) in [5, 5.41) is 0. The summed E-state index contributed by atoms with van der Waals surface area (Å²) in [7, 11) is 3.34. The Labute approximate surface area is 121 Å². The summed E-state index contributed by atoms with van der Waals surface area (Å²) in [6.45, 7) is 2.93. The lowest BCUT2D eigenvalue weighted by Crippen LogP contribution is -1.82. The van der Waals surface area contributed by atoms with Crippen molar-refractivity contribution in [3.63, 3.8) is 0 Å². The molecule has 0 saturated heterocycles. The van der Waals surface area contributed by atoms with Crippen LogP contribution in [0.4, 0.5) is 0 Å². The van der Waals surface area contributed by atoms with Crippen LogP contribution in [0, 0.1) is 7.11 Å². The van der Waals surface area contributed by atoms with Gasteiger partial charge in [0.2, 0.25) is 0 Å². The molecule has 0 aromatic heterocycles. The SMILES string of the molecule is [CH2]OCC=CCCCCCCCCCCCCCC. The Morgan fingerprint density at radius 2 is 1.16 bits per heavy atom. The van der Waals surface area contributed by atoms with E-state index in [2.05, 4.69) is 26.2 Å². The molecular weight excluding hydrogens is 232 g/mol. The van der Waals surface area contributed by atoms with E-state index < -0.39 is 0 Å². The van der Waals surface area contributed by atoms with Crippen LogP contribution in [0.25, 0.3) is 0 Å². The van der Waals surface area contributed by atoms with Crippen molar-refractivity contribution in [1.82, 2.24) is 0 Å². The molecule has 0 amide bonds. The van der Waals surface area contributed by atoms with Crippen molar-refractivity contribution < 1.29 is 4.74 Å². The van der Waals surface area contributed by atoms with Gasteiger partial charge in [0.1, 0.15) is 0 Å². The van der Waals surface area contributed by atoms with E-state index in [1.165, 1.54) is 83.5 Å². The molecule has 0 fully saturated rings. The summed E-state index contributed by atoms with van der Waals surface area (Å²) < 4.78 is 4.72. The van der Waals surface area contributed by atoms with Crippen LogP contribution in [0.1, 0.15) is 90.4 Å². The van der Waals surface area contributed by atoms with E-state index in [1.54, 1.807) is 0 Å². The van der Waals surface area contributed by atoms with Crippen molar-refractivity contribution in [2.45, 2.75) is 90.4 Å². The molecule has 0 rings (SSSR count). The molecule has 0 atom stereocenters. The van der Waals surface area contributed by atoms with Crippen LogP contribution < -0.4 is 0 Å². The van der Waals surface area contributed by atoms with Crippen LogP contribution in [0.2, 0.25) is 0 Å². The first kappa shape index (κ1) is 18.7. The Morgan fingerprint density at radius 3 is 1.63 bits per heavy atom. The van der Waals surface area contributed by atoms with E-state index in [4.69, 9.17) is 4.74 Å². The number of rotatable bonds is 15. The summed E-state index contributed by atoms with van der Waals surface area (Å²) in [6, 6.07) is 0. The van der Waals surface area contributed by atoms with Gasteiger partial charge in [0.05, 0.1) is 13.7 Å². The molecule has 0 bridgehead atoms. The highest BCUT2D eigenvalue weighted by Crippen LogP contribution is 2.12. The maximum absolute atomic E-state index is 4.72. The van der Waals surface area contributed by atoms with Crippen molar-refractivity contribution in [2.24, 2.45) is 0 Å². The molecule has 0 spiro atoms. The van der Waals surface area contributed by atoms with E-state index in [0.29, 0.717) is 6.61 Å². The van der Waals surface area contributed by atoms with Gasteiger partial charge in [0, 0.05) is 0 Å². The van der Waals surface area contributed by atoms with E-state index in [1.807, 2.05) is 0 Å². The topological polar surface area (TPSA) is 9.23 Å². The predicted molar refractivity (Wildman–Crippen MR) is 86.1 cm³/mol. The van der Waals surface area contributed by atoms with Gasteiger partial charge in [-0.3, -0.25) is 0 Å². The fraction of sp³-hybridized carbons (Fsp3) is 0.833. The van der Waals surface area contributed by atoms with Crippen LogP contribution in [0.3, 0.4) is 0 Å². The average Bonchev–Trinajstić information content (AvgIpc) is 2.43. The second kappa shape index (κ2) is 17.7. The Balaban J connectivity index is 2.95. The third-order valence-corrected chi connectivity index (χ3v) is 3.61. The highest BCUT2D eigenvalue weighted by molar-refractivity contribution is 4.81. The van der Waals surface area contributed by atoms with E-state index in [9.17, 15) is 0 Å². The van der Waals surface area contributed by atoms with E-state index in [0.717, 1.165) is 0 Å². The van der Waals surface area contributed by atoms with Gasteiger partial charge < -0.3 is 4.74 Å². The third-order valence-electron chi connectivity index (χ3n) is 3.61. The molecular formula is C18H35O. The first-order valence-electron chi connectivity index (χ1n) is 8.43. The van der Waals surface area contributed by atoms with Crippen LogP contribution >= 0.6 is 0 Å². The highest BCUT2D eigenvalue weighted by atomic mass is 16.5. The standard InChI is InChI=1S/C18H35O/c1-3-4-5-6-7-8-9-10-11-12-13-14-15-16-17-18-19-2/h16-17H,2-15,18H2,1H3. The molecule has 1 nitrogen and oxygen atoms in total. The second-order valence-corrected chi connectivity index (χ2v) is 5.52. The van der Waals surface area contributed by atoms with E-state index in [-0.39, 0.29) is 0 Å². The summed E-state index contributed by atoms with van der Waals surface area (Å²) in [5.41, 5.74) is 0. The summed E-state index contributed by atoms with van der Waals surface area (Å²) in [4.78, 5) is 0. The zero-order valence-electron chi connectivity index (χ0n) is 13.2. The molecule has 0 heterocycles. The molecule has 1 radical (unpaired) electrons. The average molecular weight is 267 g/mol. The van der Waals surface area contributed by atoms with Gasteiger partial charge in [0.25, 0.3) is 0 Å². The van der Waals surface area contributed by atoms with Crippen molar-refractivity contribution in [3.8, 4) is 0 Å². The maximum atomic E-state index is 4.72. The third kappa shape index (κ3) is 17.7. The van der Waals surface area contributed by atoms with Gasteiger partial charge in [-0.15, -0.1) is 0 Å². The van der Waals surface area contributed by atoms with Gasteiger partial charge in [-0.2, -0.15) is 0 Å². The molecule has 0 aromatic rings. The Bertz CT molecular complexity index is 175. The van der Waals surface area contributed by atoms with Gasteiger partial charge in [-0.1, -0.05) is 89.7 Å². The van der Waals surface area contributed by atoms with Gasteiger partial charge in [0.15, 0.2) is 0 Å². The molecule has 0 aliphatic heterocycles. The molecule has 0 aromatic carbocycles. The quantitative estimate of drug-likeness (QED) is 0.245. The minimum Gasteiger partial charge on any atom is -0.375 e. The van der Waals surface area contributed by atoms with Crippen molar-refractivity contribution in [3.05, 3.63) is 19.3 Å². The zero-order chi connectivity index (χ0) is 14.0. The molecule has 19 heavy (non-hydrogen) atoms. The zero-order valence-corrected chi connectivity index (χ0v) is 13.2. The van der Waals surface area contributed by atoms with Gasteiger partial charge >= 0.3 is 0 Å². The number of unbranched alkanes of at least 4 members (excludes halogenated alkanes) is 12. The maximum Gasteiger partial charge on any atom is 0.0704 e. The normalized spacial score (nSPS) is 11.5. The molecule has 0 saturated carbocycles. The first-order valence-corrected chi connectivity index (χ1v) is 8.43. The van der Waals surface area contributed by atoms with Crippen molar-refractivity contribution in [1.29, 1.82) is 0 Å². The molecule has 0 aliphatic rings. The Kier molecular flexibility index (Phi) is 17.4. The summed E-state index contributed by atoms with van der Waals surface area (Å²) in [6.07, 6.45) is 22.5. The lowest BCUT2D eigenvalue weighted by atomic mass is 10.0. The minimum atomic E-state index is 0.651. The number of hydrogen-bond donors (Lipinski definition) is 0. The second-order valence-electron chi connectivity index (χ2n) is 5.52. The first-order chi connectivity index (χ1) is 9.41. The van der Waals surface area contributed by atoms with Crippen LogP contribution in [-0.2, 0) is 4.74 Å². The summed E-state index contributed by atoms with van der Waals surface area (Å²) >= 11 is 0. The molecule has 113 valence electrons. The molecule has 0 N–H and O–H groups in total. The number of ether oxygens (including phenoxy) is 1. The lowest BCUT2D eigenvalue weighted by Gasteiger charge is -2.02. The molecule has 1 heteroatoms. The minimum absolute atomic E-state index is 0.651. The van der Waals surface area contributed by atoms with Crippen LogP contribution in [0.15, 0.2) is 12.2 Å². The van der Waals surface area contributed by atoms with Gasteiger partial charge in [-0.25, -0.2) is 0 Å². The largest absolute Gasteiger partial charge is 0.375 e. The number of hydrogen-bond acceptors (Lipinski definition) is 1. The molecule has 0 aliphatic carbocycles.